The molecule has 2 aliphatic rings. The highest BCUT2D eigenvalue weighted by atomic mass is 32.2. The molecule has 1 fully saturated rings. The second-order valence-electron chi connectivity index (χ2n) is 10.2. The summed E-state index contributed by atoms with van der Waals surface area (Å²) in [7, 11) is 2.03. The monoisotopic (exact) mass is 640 g/mol. The van der Waals surface area contributed by atoms with Gasteiger partial charge in [0.15, 0.2) is 42.1 Å². The molecule has 0 unspecified atom stereocenters. The minimum atomic E-state index is -0.765. The zero-order chi connectivity index (χ0) is 30.0. The molecule has 1 saturated heterocycles. The Morgan fingerprint density at radius 1 is 1.17 bits per heavy atom. The zero-order valence-corrected chi connectivity index (χ0v) is 25.2. The third kappa shape index (κ3) is 5.96. The third-order valence-corrected chi connectivity index (χ3v) is 8.84. The number of likely N-dealkylation sites (tertiary alicyclic amines) is 1. The summed E-state index contributed by atoms with van der Waals surface area (Å²) in [4.78, 5) is 21.5. The molecule has 1 amide bonds. The molecule has 15 heteroatoms. The van der Waals surface area contributed by atoms with E-state index in [1.54, 1.807) is 23.1 Å². The molecule has 8 nitrogen and oxygen atoms in total. The van der Waals surface area contributed by atoms with Gasteiger partial charge in [-0.15, -0.1) is 11.7 Å². The first-order valence-electron chi connectivity index (χ1n) is 13.2. The number of benzene rings is 2. The number of piperidine rings is 1. The van der Waals surface area contributed by atoms with E-state index in [-0.39, 0.29) is 78.1 Å². The number of carbonyl (C=O) groups is 1. The van der Waals surface area contributed by atoms with Gasteiger partial charge in [0.1, 0.15) is 5.71 Å². The molecule has 0 atom stereocenters. The van der Waals surface area contributed by atoms with Gasteiger partial charge in [0.2, 0.25) is 5.91 Å². The van der Waals surface area contributed by atoms with E-state index in [4.69, 9.17) is 5.41 Å². The topological polar surface area (TPSA) is 86.5 Å². The van der Waals surface area contributed by atoms with Crippen molar-refractivity contribution in [3.05, 3.63) is 64.5 Å². The maximum atomic E-state index is 14.6. The van der Waals surface area contributed by atoms with Gasteiger partial charge in [-0.1, -0.05) is 13.0 Å². The van der Waals surface area contributed by atoms with Crippen molar-refractivity contribution in [3.63, 3.8) is 0 Å². The number of carbonyl (C=O) groups excluding carboxylic acids is 1. The van der Waals surface area contributed by atoms with E-state index in [0.717, 1.165) is 25.9 Å². The molecule has 2 N–H and O–H groups in total. The number of aromatic nitrogens is 2. The fraction of sp³-hybridized carbons (Fsp3) is 0.370. The molecule has 2 aromatic carbocycles. The largest absolute Gasteiger partial charge is 0.394 e. The summed E-state index contributed by atoms with van der Waals surface area (Å²) in [6, 6.07) is 7.37. The Bertz CT molecular complexity index is 1500. The second-order valence-corrected chi connectivity index (χ2v) is 11.4. The van der Waals surface area contributed by atoms with E-state index in [2.05, 4.69) is 18.8 Å². The molecule has 0 spiro atoms. The van der Waals surface area contributed by atoms with Gasteiger partial charge in [-0.25, -0.2) is 13.3 Å². The van der Waals surface area contributed by atoms with Crippen LogP contribution in [0, 0.1) is 17.1 Å². The molecule has 224 valence electrons. The van der Waals surface area contributed by atoms with Gasteiger partial charge < -0.3 is 18.7 Å². The molecule has 42 heavy (non-hydrogen) atoms. The van der Waals surface area contributed by atoms with E-state index in [1.165, 1.54) is 16.1 Å². The van der Waals surface area contributed by atoms with Gasteiger partial charge >= 0.3 is 0 Å². The van der Waals surface area contributed by atoms with Crippen molar-refractivity contribution in [3.8, 4) is 16.9 Å². The maximum Gasteiger partial charge on any atom is 0.272 e. The molecular weight excluding hydrogens is 613 g/mol. The second kappa shape index (κ2) is 13.2. The fourth-order valence-electron chi connectivity index (χ4n) is 5.51. The maximum absolute atomic E-state index is 14.6. The van der Waals surface area contributed by atoms with Crippen molar-refractivity contribution in [2.75, 3.05) is 24.9 Å². The summed E-state index contributed by atoms with van der Waals surface area (Å²) in [6.07, 6.45) is 2.03. The van der Waals surface area contributed by atoms with Crippen LogP contribution in [-0.2, 0) is 24.3 Å². The third-order valence-electron chi connectivity index (χ3n) is 7.77. The number of hydrogen-bond acceptors (Lipinski definition) is 9. The Morgan fingerprint density at radius 3 is 2.60 bits per heavy atom. The summed E-state index contributed by atoms with van der Waals surface area (Å²) in [5.74, 6) is -1.02. The summed E-state index contributed by atoms with van der Waals surface area (Å²) >= 11 is -0.736. The quantitative estimate of drug-likeness (QED) is 0.105. The van der Waals surface area contributed by atoms with Crippen molar-refractivity contribution in [1.82, 2.24) is 18.8 Å². The van der Waals surface area contributed by atoms with Gasteiger partial charge in [-0.05, 0) is 80.4 Å². The van der Waals surface area contributed by atoms with Crippen LogP contribution in [-0.4, -0.2) is 50.5 Å². The molecule has 2 aliphatic heterocycles. The molecule has 0 bridgehead atoms. The van der Waals surface area contributed by atoms with Crippen LogP contribution in [0.4, 0.5) is 21.7 Å². The lowest BCUT2D eigenvalue weighted by Gasteiger charge is -2.30. The predicted molar refractivity (Wildman–Crippen MR) is 160 cm³/mol. The molecule has 0 radical (unpaired) electrons. The zero-order valence-electron chi connectivity index (χ0n) is 22.8. The standard InChI is InChI=1S/C27H28F4N6O2S3/c1-3-15-11-24(39-42-31)20(28)12-19(15)17-4-5-18(21(10-17)34-40-29)25(32)26-33-22-13-36(14-23(22)37(26)41-30)27(38)16-6-8-35(2)9-7-16/h4-5,10-12,16,32,34H,3,6-9,13-14H2,1-2H3. The first-order valence-corrected chi connectivity index (χ1v) is 15.2. The minimum Gasteiger partial charge on any atom is -0.394 e. The van der Waals surface area contributed by atoms with E-state index < -0.39 is 18.2 Å². The lowest BCUT2D eigenvalue weighted by Crippen LogP contribution is -2.39. The first-order chi connectivity index (χ1) is 20.3. The number of imidazole rings is 1. The Labute approximate surface area is 254 Å². The predicted octanol–water partition coefficient (Wildman–Crippen LogP) is 7.09. The number of aryl methyl sites for hydroxylation is 1. The van der Waals surface area contributed by atoms with Crippen molar-refractivity contribution >= 4 is 54.4 Å². The number of hydrogen-bond donors (Lipinski definition) is 2. The van der Waals surface area contributed by atoms with Crippen LogP contribution < -0.4 is 8.91 Å². The molecule has 1 aromatic heterocycles. The van der Waals surface area contributed by atoms with Crippen molar-refractivity contribution < 1.29 is 25.0 Å². The van der Waals surface area contributed by atoms with Crippen molar-refractivity contribution in [2.45, 2.75) is 39.3 Å². The number of fused-ring (bicyclic) bond motifs is 1. The van der Waals surface area contributed by atoms with Crippen LogP contribution in [0.5, 0.6) is 5.75 Å². The molecule has 5 rings (SSSR count). The van der Waals surface area contributed by atoms with E-state index in [9.17, 15) is 20.8 Å². The van der Waals surface area contributed by atoms with Gasteiger partial charge in [-0.2, -0.15) is 0 Å². The normalized spacial score (nSPS) is 15.6. The highest BCUT2D eigenvalue weighted by Gasteiger charge is 2.35. The van der Waals surface area contributed by atoms with Gasteiger partial charge in [0.05, 0.1) is 30.2 Å². The SMILES string of the molecule is CCc1cc(OSF)c(F)cc1-c1ccc(C(=N)c2nc3c(n2SF)CN(C(=O)C2CCN(C)CC2)C3)c(NSF)c1. The van der Waals surface area contributed by atoms with Gasteiger partial charge in [0.25, 0.3) is 12.4 Å². The van der Waals surface area contributed by atoms with Crippen LogP contribution in [0.25, 0.3) is 11.1 Å². The average Bonchev–Trinajstić information content (AvgIpc) is 3.56. The minimum absolute atomic E-state index is 0.0288. The fourth-order valence-corrected chi connectivity index (χ4v) is 6.41. The summed E-state index contributed by atoms with van der Waals surface area (Å²) in [6.45, 7) is 3.96. The average molecular weight is 641 g/mol. The Balaban J connectivity index is 1.42. The number of amides is 1. The molecule has 0 aliphatic carbocycles. The van der Waals surface area contributed by atoms with Crippen LogP contribution in [0.1, 0.15) is 48.1 Å². The Morgan fingerprint density at radius 2 is 1.93 bits per heavy atom. The summed E-state index contributed by atoms with van der Waals surface area (Å²) in [5.41, 5.74) is 2.99. The van der Waals surface area contributed by atoms with Crippen LogP contribution in [0.2, 0.25) is 0 Å². The van der Waals surface area contributed by atoms with Crippen LogP contribution in [0.15, 0.2) is 30.3 Å². The van der Waals surface area contributed by atoms with Crippen LogP contribution in [0.3, 0.4) is 0 Å². The lowest BCUT2D eigenvalue weighted by atomic mass is 9.95. The van der Waals surface area contributed by atoms with Crippen molar-refractivity contribution in [2.24, 2.45) is 5.92 Å². The molecule has 0 saturated carbocycles. The highest BCUT2D eigenvalue weighted by molar-refractivity contribution is 7.95. The van der Waals surface area contributed by atoms with E-state index in [0.29, 0.717) is 34.5 Å². The number of anilines is 1. The number of nitrogens with one attached hydrogen (secondary N) is 2. The lowest BCUT2D eigenvalue weighted by molar-refractivity contribution is -0.137. The summed E-state index contributed by atoms with van der Waals surface area (Å²) < 4.78 is 63.3. The Kier molecular flexibility index (Phi) is 9.60. The summed E-state index contributed by atoms with van der Waals surface area (Å²) in [5, 5.41) is 8.88. The smallest absolute Gasteiger partial charge is 0.272 e. The number of halogens is 4. The van der Waals surface area contributed by atoms with Gasteiger partial charge in [-0.3, -0.25) is 10.2 Å². The first kappa shape index (κ1) is 30.6. The molecule has 3 aromatic rings. The van der Waals surface area contributed by atoms with E-state index >= 15 is 0 Å². The van der Waals surface area contributed by atoms with Crippen molar-refractivity contribution in [1.29, 1.82) is 5.41 Å². The van der Waals surface area contributed by atoms with Crippen LogP contribution >= 0.6 is 37.1 Å². The molecule has 3 heterocycles. The van der Waals surface area contributed by atoms with E-state index in [1.807, 2.05) is 14.0 Å². The Hall–Kier alpha value is -2.88. The highest BCUT2D eigenvalue weighted by Crippen LogP contribution is 2.37. The number of rotatable bonds is 10. The van der Waals surface area contributed by atoms with Gasteiger partial charge in [0, 0.05) is 11.5 Å². The molecular formula is C27H28F4N6O2S3. The number of nitrogens with zero attached hydrogens (tertiary/aromatic N) is 4.